The lowest BCUT2D eigenvalue weighted by molar-refractivity contribution is 0.395. The third-order valence-electron chi connectivity index (χ3n) is 1.33. The summed E-state index contributed by atoms with van der Waals surface area (Å²) in [5.74, 6) is 0.699. The van der Waals surface area contributed by atoms with E-state index in [1.807, 2.05) is 6.08 Å². The fraction of sp³-hybridized carbons (Fsp3) is 0.429. The van der Waals surface area contributed by atoms with Crippen LogP contribution in [0.25, 0.3) is 0 Å². The molecule has 1 aliphatic carbocycles. The summed E-state index contributed by atoms with van der Waals surface area (Å²) in [6.45, 7) is 3.59. The molecule has 8 heavy (non-hydrogen) atoms. The first kappa shape index (κ1) is 5.33. The molecule has 0 aromatic heterocycles. The highest BCUT2D eigenvalue weighted by Crippen LogP contribution is 2.20. The third-order valence-corrected chi connectivity index (χ3v) is 1.33. The molecule has 1 atom stereocenters. The Bertz CT molecular complexity index is 124. The molecule has 0 radical (unpaired) electrons. The molecule has 0 bridgehead atoms. The summed E-state index contributed by atoms with van der Waals surface area (Å²) in [7, 11) is 0. The first-order chi connectivity index (χ1) is 3.83. The van der Waals surface area contributed by atoms with Crippen molar-refractivity contribution in [2.75, 3.05) is 0 Å². The molecule has 42 valence electrons. The summed E-state index contributed by atoms with van der Waals surface area (Å²) < 4.78 is 0. The topological polar surface area (TPSA) is 20.2 Å². The Morgan fingerprint density at radius 1 is 1.88 bits per heavy atom. The molecule has 1 aliphatic rings. The van der Waals surface area contributed by atoms with Gasteiger partial charge in [0.05, 0.1) is 6.42 Å². The van der Waals surface area contributed by atoms with Gasteiger partial charge in [0.1, 0.15) is 0 Å². The molecule has 0 heterocycles. The molecular formula is C7H9O+. The summed E-state index contributed by atoms with van der Waals surface area (Å²) in [6.07, 6.45) is 6.42. The van der Waals surface area contributed by atoms with Gasteiger partial charge in [-0.15, -0.1) is 0 Å². The fourth-order valence-electron chi connectivity index (χ4n) is 0.827. The molecule has 0 saturated carbocycles. The van der Waals surface area contributed by atoms with Crippen LogP contribution >= 0.6 is 0 Å². The van der Waals surface area contributed by atoms with Gasteiger partial charge in [0.15, 0.2) is 5.92 Å². The Morgan fingerprint density at radius 2 is 2.62 bits per heavy atom. The van der Waals surface area contributed by atoms with Gasteiger partial charge in [-0.25, -0.2) is 0 Å². The van der Waals surface area contributed by atoms with Crippen molar-refractivity contribution in [3.63, 3.8) is 0 Å². The molecule has 0 saturated heterocycles. The highest BCUT2D eigenvalue weighted by molar-refractivity contribution is 5.02. The average Bonchev–Trinajstić information content (AvgIpc) is 2.14. The van der Waals surface area contributed by atoms with E-state index in [9.17, 15) is 0 Å². The summed E-state index contributed by atoms with van der Waals surface area (Å²) in [5.41, 5.74) is 0. The zero-order chi connectivity index (χ0) is 5.98. The predicted octanol–water partition coefficient (Wildman–Crippen LogP) is 1.83. The molecule has 1 rings (SSSR count). The lowest BCUT2D eigenvalue weighted by Gasteiger charge is -1.79. The van der Waals surface area contributed by atoms with Gasteiger partial charge < -0.3 is 5.11 Å². The molecule has 0 spiro atoms. The van der Waals surface area contributed by atoms with E-state index in [-0.39, 0.29) is 0 Å². The Hall–Kier alpha value is -0.810. The second-order valence-corrected chi connectivity index (χ2v) is 1.97. The smallest absolute Gasteiger partial charge is 0.338 e. The Labute approximate surface area is 49.3 Å². The minimum atomic E-state index is 0.301. The van der Waals surface area contributed by atoms with Crippen molar-refractivity contribution in [2.24, 2.45) is 5.92 Å². The van der Waals surface area contributed by atoms with E-state index < -0.39 is 0 Å². The van der Waals surface area contributed by atoms with Crippen LogP contribution in [0.5, 0.6) is 0 Å². The number of rotatable bonds is 1. The summed E-state index contributed by atoms with van der Waals surface area (Å²) in [4.78, 5) is 0. The van der Waals surface area contributed by atoms with Crippen LogP contribution in [0, 0.1) is 12.0 Å². The van der Waals surface area contributed by atoms with Crippen molar-refractivity contribution in [1.29, 1.82) is 0 Å². The highest BCUT2D eigenvalue weighted by atomic mass is 16.3. The number of hydrogen-bond donors (Lipinski definition) is 1. The molecule has 1 N–H and O–H groups in total. The summed E-state index contributed by atoms with van der Waals surface area (Å²) in [5, 5.41) is 8.79. The average molecular weight is 109 g/mol. The molecule has 0 fully saturated rings. The second-order valence-electron chi connectivity index (χ2n) is 1.97. The molecule has 1 unspecified atom stereocenters. The van der Waals surface area contributed by atoms with Gasteiger partial charge in [0, 0.05) is 6.42 Å². The van der Waals surface area contributed by atoms with Gasteiger partial charge >= 0.3 is 5.76 Å². The lowest BCUT2D eigenvalue weighted by Crippen LogP contribution is -1.81. The van der Waals surface area contributed by atoms with E-state index in [1.54, 1.807) is 0 Å². The SMILES string of the molecule is C=CC1[C+]=C(O)CC1. The Balaban J connectivity index is 2.53. The van der Waals surface area contributed by atoms with E-state index in [1.165, 1.54) is 0 Å². The molecule has 0 aromatic carbocycles. The Morgan fingerprint density at radius 3 is 2.88 bits per heavy atom. The first-order valence-corrected chi connectivity index (χ1v) is 2.77. The molecule has 0 aromatic rings. The van der Waals surface area contributed by atoms with E-state index in [0.717, 1.165) is 12.8 Å². The standard InChI is InChI=1S/C7H8O/c1-2-6-3-4-7(8)5-6/h2,6H,1,3-4H2/p+1. The van der Waals surface area contributed by atoms with Crippen molar-refractivity contribution in [1.82, 2.24) is 0 Å². The third kappa shape index (κ3) is 0.877. The number of hydrogen-bond acceptors (Lipinski definition) is 1. The zero-order valence-corrected chi connectivity index (χ0v) is 4.72. The maximum absolute atomic E-state index is 8.79. The number of aliphatic hydroxyl groups is 1. The summed E-state index contributed by atoms with van der Waals surface area (Å²) >= 11 is 0. The van der Waals surface area contributed by atoms with Gasteiger partial charge in [-0.1, -0.05) is 6.58 Å². The number of aliphatic hydroxyl groups excluding tert-OH is 1. The van der Waals surface area contributed by atoms with Crippen LogP contribution in [0.15, 0.2) is 18.4 Å². The van der Waals surface area contributed by atoms with Gasteiger partial charge in [0.2, 0.25) is 0 Å². The van der Waals surface area contributed by atoms with Crippen molar-refractivity contribution in [2.45, 2.75) is 12.8 Å². The van der Waals surface area contributed by atoms with Crippen LogP contribution in [-0.2, 0) is 0 Å². The molecule has 1 heteroatoms. The quantitative estimate of drug-likeness (QED) is 0.402. The molecule has 1 nitrogen and oxygen atoms in total. The maximum Gasteiger partial charge on any atom is 0.338 e. The molecular weight excluding hydrogens is 100 g/mol. The highest BCUT2D eigenvalue weighted by Gasteiger charge is 2.26. The Kier molecular flexibility index (Phi) is 1.32. The maximum atomic E-state index is 8.79. The normalized spacial score (nSPS) is 26.5. The van der Waals surface area contributed by atoms with Crippen molar-refractivity contribution >= 4 is 0 Å². The largest absolute Gasteiger partial charge is 0.472 e. The van der Waals surface area contributed by atoms with E-state index >= 15 is 0 Å². The van der Waals surface area contributed by atoms with Gasteiger partial charge in [-0.2, -0.15) is 0 Å². The monoisotopic (exact) mass is 109 g/mol. The second kappa shape index (κ2) is 1.97. The van der Waals surface area contributed by atoms with E-state index in [2.05, 4.69) is 12.7 Å². The van der Waals surface area contributed by atoms with E-state index in [0.29, 0.717) is 11.7 Å². The van der Waals surface area contributed by atoms with Gasteiger partial charge in [0.25, 0.3) is 6.08 Å². The minimum absolute atomic E-state index is 0.301. The van der Waals surface area contributed by atoms with Crippen LogP contribution in [0.4, 0.5) is 0 Å². The van der Waals surface area contributed by atoms with Gasteiger partial charge in [-0.05, 0) is 6.08 Å². The van der Waals surface area contributed by atoms with Gasteiger partial charge in [-0.3, -0.25) is 0 Å². The number of allylic oxidation sites excluding steroid dienone is 3. The molecule has 0 aliphatic heterocycles. The predicted molar refractivity (Wildman–Crippen MR) is 32.3 cm³/mol. The van der Waals surface area contributed by atoms with Crippen molar-refractivity contribution < 1.29 is 5.11 Å². The van der Waals surface area contributed by atoms with Crippen molar-refractivity contribution in [3.05, 3.63) is 24.5 Å². The van der Waals surface area contributed by atoms with Crippen LogP contribution < -0.4 is 0 Å². The molecule has 0 amide bonds. The fourth-order valence-corrected chi connectivity index (χ4v) is 0.827. The minimum Gasteiger partial charge on any atom is -0.472 e. The van der Waals surface area contributed by atoms with Crippen LogP contribution in [0.2, 0.25) is 0 Å². The first-order valence-electron chi connectivity index (χ1n) is 2.77. The van der Waals surface area contributed by atoms with Crippen LogP contribution in [0.3, 0.4) is 0 Å². The zero-order valence-electron chi connectivity index (χ0n) is 4.72. The van der Waals surface area contributed by atoms with Crippen LogP contribution in [0.1, 0.15) is 12.8 Å². The lowest BCUT2D eigenvalue weighted by atomic mass is 10.1. The summed E-state index contributed by atoms with van der Waals surface area (Å²) in [6, 6.07) is 0. The van der Waals surface area contributed by atoms with Crippen LogP contribution in [-0.4, -0.2) is 5.11 Å². The van der Waals surface area contributed by atoms with Crippen molar-refractivity contribution in [3.8, 4) is 0 Å². The van der Waals surface area contributed by atoms with E-state index in [4.69, 9.17) is 5.11 Å².